The van der Waals surface area contributed by atoms with E-state index in [0.29, 0.717) is 19.6 Å². The molecule has 1 aromatic rings. The van der Waals surface area contributed by atoms with Crippen molar-refractivity contribution in [3.8, 4) is 0 Å². The normalized spacial score (nSPS) is 17.8. The minimum Gasteiger partial charge on any atom is -0.390 e. The Morgan fingerprint density at radius 2 is 2.47 bits per heavy atom. The first-order chi connectivity index (χ1) is 8.20. The van der Waals surface area contributed by atoms with Crippen molar-refractivity contribution >= 4 is 0 Å². The molecule has 2 rings (SSSR count). The van der Waals surface area contributed by atoms with Crippen molar-refractivity contribution in [1.82, 2.24) is 15.2 Å². The van der Waals surface area contributed by atoms with E-state index >= 15 is 0 Å². The summed E-state index contributed by atoms with van der Waals surface area (Å²) >= 11 is 0. The molecule has 1 aliphatic heterocycles. The average molecular weight is 237 g/mol. The molecule has 0 bridgehead atoms. The van der Waals surface area contributed by atoms with Crippen LogP contribution in [0.5, 0.6) is 0 Å². The van der Waals surface area contributed by atoms with Crippen molar-refractivity contribution in [3.05, 3.63) is 33.7 Å². The molecule has 0 spiro atoms. The molecule has 1 aromatic heterocycles. The maximum Gasteiger partial charge on any atom is 0.186 e. The zero-order valence-corrected chi connectivity index (χ0v) is 10.1. The number of hydrogen-bond donors (Lipinski definition) is 3. The highest BCUT2D eigenvalue weighted by molar-refractivity contribution is 5.22. The number of β-amino-alcohol motifs (C(OH)–C–C–N with tert-alkyl or cyclic N) is 1. The Balaban J connectivity index is 2.03. The number of H-pyrrole nitrogens is 1. The molecule has 17 heavy (non-hydrogen) atoms. The lowest BCUT2D eigenvalue weighted by atomic mass is 10.1. The van der Waals surface area contributed by atoms with Crippen LogP contribution in [0.3, 0.4) is 0 Å². The molecule has 1 aliphatic rings. The molecular weight excluding hydrogens is 218 g/mol. The molecule has 0 aromatic carbocycles. The lowest BCUT2D eigenvalue weighted by molar-refractivity contribution is 0.105. The Morgan fingerprint density at radius 1 is 1.65 bits per heavy atom. The van der Waals surface area contributed by atoms with Gasteiger partial charge < -0.3 is 15.4 Å². The Hall–Kier alpha value is -1.17. The number of pyridine rings is 1. The number of nitrogens with one attached hydrogen (secondary N) is 2. The van der Waals surface area contributed by atoms with Crippen molar-refractivity contribution in [1.29, 1.82) is 0 Å². The molecule has 0 radical (unpaired) electrons. The van der Waals surface area contributed by atoms with Crippen LogP contribution in [0.15, 0.2) is 17.1 Å². The van der Waals surface area contributed by atoms with Gasteiger partial charge in [0.1, 0.15) is 0 Å². The summed E-state index contributed by atoms with van der Waals surface area (Å²) in [6.45, 7) is 2.70. The summed E-state index contributed by atoms with van der Waals surface area (Å²) in [5, 5.41) is 12.7. The average Bonchev–Trinajstić information content (AvgIpc) is 2.30. The molecule has 0 saturated heterocycles. The molecule has 94 valence electrons. The van der Waals surface area contributed by atoms with E-state index in [-0.39, 0.29) is 11.5 Å². The highest BCUT2D eigenvalue weighted by Gasteiger charge is 2.20. The summed E-state index contributed by atoms with van der Waals surface area (Å²) in [5.41, 5.74) is 1.97. The Bertz CT molecular complexity index is 430. The first-order valence-corrected chi connectivity index (χ1v) is 5.95. The first-order valence-electron chi connectivity index (χ1n) is 5.95. The Labute approximate surface area is 100 Å². The van der Waals surface area contributed by atoms with Crippen molar-refractivity contribution in [2.75, 3.05) is 26.7 Å². The van der Waals surface area contributed by atoms with Gasteiger partial charge in [-0.3, -0.25) is 9.69 Å². The number of aliphatic hydroxyl groups is 1. The predicted molar refractivity (Wildman–Crippen MR) is 66.0 cm³/mol. The van der Waals surface area contributed by atoms with E-state index in [9.17, 15) is 9.90 Å². The van der Waals surface area contributed by atoms with Crippen LogP contribution in [0.25, 0.3) is 0 Å². The predicted octanol–water partition coefficient (Wildman–Crippen LogP) is -0.687. The van der Waals surface area contributed by atoms with Gasteiger partial charge in [-0.15, -0.1) is 0 Å². The molecule has 5 heteroatoms. The molecule has 0 amide bonds. The maximum absolute atomic E-state index is 11.7. The number of rotatable bonds is 4. The summed E-state index contributed by atoms with van der Waals surface area (Å²) in [5.74, 6) is 0. The van der Waals surface area contributed by atoms with Crippen molar-refractivity contribution < 1.29 is 5.11 Å². The number of nitrogens with zero attached hydrogens (tertiary/aromatic N) is 1. The zero-order chi connectivity index (χ0) is 12.3. The fourth-order valence-electron chi connectivity index (χ4n) is 2.28. The number of aromatic nitrogens is 1. The van der Waals surface area contributed by atoms with E-state index in [0.717, 1.165) is 24.2 Å². The smallest absolute Gasteiger partial charge is 0.186 e. The van der Waals surface area contributed by atoms with E-state index in [1.807, 2.05) is 7.05 Å². The van der Waals surface area contributed by atoms with E-state index in [1.165, 1.54) is 0 Å². The molecule has 1 unspecified atom stereocenters. The van der Waals surface area contributed by atoms with Crippen LogP contribution in [0.4, 0.5) is 0 Å². The van der Waals surface area contributed by atoms with Gasteiger partial charge in [0.15, 0.2) is 5.43 Å². The summed E-state index contributed by atoms with van der Waals surface area (Å²) in [6.07, 6.45) is 2.16. The van der Waals surface area contributed by atoms with Gasteiger partial charge in [-0.25, -0.2) is 0 Å². The van der Waals surface area contributed by atoms with Crippen molar-refractivity contribution in [3.63, 3.8) is 0 Å². The highest BCUT2D eigenvalue weighted by atomic mass is 16.3. The molecule has 1 atom stereocenters. The molecule has 3 N–H and O–H groups in total. The molecule has 0 saturated carbocycles. The van der Waals surface area contributed by atoms with Crippen molar-refractivity contribution in [2.24, 2.45) is 0 Å². The summed E-state index contributed by atoms with van der Waals surface area (Å²) in [7, 11) is 1.82. The number of hydrogen-bond acceptors (Lipinski definition) is 4. The minimum absolute atomic E-state index is 0.0894. The van der Waals surface area contributed by atoms with Gasteiger partial charge in [0.2, 0.25) is 0 Å². The summed E-state index contributed by atoms with van der Waals surface area (Å²) in [4.78, 5) is 17.0. The van der Waals surface area contributed by atoms with E-state index in [1.54, 1.807) is 12.3 Å². The molecule has 2 heterocycles. The quantitative estimate of drug-likeness (QED) is 0.648. The maximum atomic E-state index is 11.7. The van der Waals surface area contributed by atoms with E-state index in [2.05, 4.69) is 15.2 Å². The van der Waals surface area contributed by atoms with Crippen LogP contribution in [0, 0.1) is 0 Å². The minimum atomic E-state index is -0.385. The zero-order valence-electron chi connectivity index (χ0n) is 10.1. The molecular formula is C12H19N3O2. The third kappa shape index (κ3) is 2.94. The van der Waals surface area contributed by atoms with Crippen LogP contribution in [0.1, 0.15) is 11.3 Å². The van der Waals surface area contributed by atoms with Gasteiger partial charge in [-0.2, -0.15) is 0 Å². The largest absolute Gasteiger partial charge is 0.390 e. The van der Waals surface area contributed by atoms with Crippen molar-refractivity contribution in [2.45, 2.75) is 19.1 Å². The summed E-state index contributed by atoms with van der Waals surface area (Å²) in [6, 6.07) is 1.56. The Morgan fingerprint density at radius 3 is 3.24 bits per heavy atom. The second-order valence-corrected chi connectivity index (χ2v) is 4.50. The van der Waals surface area contributed by atoms with Crippen LogP contribution < -0.4 is 10.7 Å². The molecule has 0 fully saturated rings. The van der Waals surface area contributed by atoms with Gasteiger partial charge >= 0.3 is 0 Å². The fraction of sp³-hybridized carbons (Fsp3) is 0.583. The third-order valence-electron chi connectivity index (χ3n) is 3.12. The number of aliphatic hydroxyl groups excluding tert-OH is 1. The number of aromatic amines is 1. The second-order valence-electron chi connectivity index (χ2n) is 4.50. The lowest BCUT2D eigenvalue weighted by Crippen LogP contribution is -2.41. The van der Waals surface area contributed by atoms with Gasteiger partial charge in [-0.05, 0) is 7.05 Å². The van der Waals surface area contributed by atoms with E-state index < -0.39 is 0 Å². The monoisotopic (exact) mass is 237 g/mol. The number of fused-ring (bicyclic) bond motifs is 1. The number of likely N-dealkylation sites (N-methyl/N-ethyl adjacent to an activating group) is 1. The second kappa shape index (κ2) is 5.44. The van der Waals surface area contributed by atoms with Crippen LogP contribution >= 0.6 is 0 Å². The lowest BCUT2D eigenvalue weighted by Gasteiger charge is -2.29. The van der Waals surface area contributed by atoms with Gasteiger partial charge in [0.25, 0.3) is 0 Å². The molecule has 5 nitrogen and oxygen atoms in total. The van der Waals surface area contributed by atoms with Crippen LogP contribution in [0.2, 0.25) is 0 Å². The standard InChI is InChI=1S/C12H19N3O2/c1-13-6-9(16)7-15-5-3-11-10(8-15)12(17)2-4-14-11/h2,4,9,13,16H,3,5-8H2,1H3,(H,14,17). The molecule has 0 aliphatic carbocycles. The topological polar surface area (TPSA) is 68.4 Å². The van der Waals surface area contributed by atoms with Gasteiger partial charge in [-0.1, -0.05) is 0 Å². The highest BCUT2D eigenvalue weighted by Crippen LogP contribution is 2.13. The van der Waals surface area contributed by atoms with Crippen LogP contribution in [-0.2, 0) is 13.0 Å². The van der Waals surface area contributed by atoms with E-state index in [4.69, 9.17) is 0 Å². The van der Waals surface area contributed by atoms with Gasteiger partial charge in [0, 0.05) is 56.1 Å². The fourth-order valence-corrected chi connectivity index (χ4v) is 2.28. The van der Waals surface area contributed by atoms with Crippen LogP contribution in [-0.4, -0.2) is 47.8 Å². The van der Waals surface area contributed by atoms with Gasteiger partial charge in [0.05, 0.1) is 6.10 Å². The summed E-state index contributed by atoms with van der Waals surface area (Å²) < 4.78 is 0. The Kier molecular flexibility index (Phi) is 3.93. The first kappa shape index (κ1) is 12.3. The SMILES string of the molecule is CNCC(O)CN1CCc2[nH]ccc(=O)c2C1. The third-order valence-corrected chi connectivity index (χ3v) is 3.12.